The van der Waals surface area contributed by atoms with Gasteiger partial charge in [0.25, 0.3) is 5.56 Å². The third kappa shape index (κ3) is 3.58. The lowest BCUT2D eigenvalue weighted by Crippen LogP contribution is -2.24. The third-order valence-corrected chi connectivity index (χ3v) is 6.09. The van der Waals surface area contributed by atoms with Gasteiger partial charge in [-0.15, -0.1) is 10.2 Å². The van der Waals surface area contributed by atoms with Crippen LogP contribution < -0.4 is 5.56 Å². The first-order valence-corrected chi connectivity index (χ1v) is 10.8. The fourth-order valence-electron chi connectivity index (χ4n) is 3.61. The van der Waals surface area contributed by atoms with Gasteiger partial charge in [-0.25, -0.2) is 0 Å². The molecule has 31 heavy (non-hydrogen) atoms. The molecule has 3 aromatic carbocycles. The van der Waals surface area contributed by atoms with Gasteiger partial charge in [-0.1, -0.05) is 66.4 Å². The van der Waals surface area contributed by atoms with Crippen molar-refractivity contribution >= 4 is 28.4 Å². The Morgan fingerprint density at radius 1 is 0.903 bits per heavy atom. The number of fused-ring (bicyclic) bond motifs is 3. The first-order chi connectivity index (χ1) is 15.2. The van der Waals surface area contributed by atoms with E-state index >= 15 is 0 Å². The lowest BCUT2D eigenvalue weighted by Gasteiger charge is -2.11. The quantitative estimate of drug-likeness (QED) is 0.395. The summed E-state index contributed by atoms with van der Waals surface area (Å²) in [7, 11) is 0. The van der Waals surface area contributed by atoms with Crippen LogP contribution in [-0.2, 0) is 12.3 Å². The van der Waals surface area contributed by atoms with E-state index in [0.717, 1.165) is 16.6 Å². The van der Waals surface area contributed by atoms with E-state index in [1.54, 1.807) is 10.6 Å². The molecule has 5 rings (SSSR count). The standard InChI is InChI=1S/C24H17N5OS/c25-14-18-9-6-10-19(13-18)16-31-24-27-26-23-28(15-17-7-2-1-3-8-17)22(30)20-11-4-5-12-21(20)29(23)24/h1-13H,15-16H2. The van der Waals surface area contributed by atoms with Gasteiger partial charge < -0.3 is 0 Å². The molecule has 0 fully saturated rings. The van der Waals surface area contributed by atoms with E-state index in [2.05, 4.69) is 16.3 Å². The van der Waals surface area contributed by atoms with Crippen molar-refractivity contribution in [3.8, 4) is 6.07 Å². The molecule has 0 unspecified atom stereocenters. The Labute approximate surface area is 182 Å². The highest BCUT2D eigenvalue weighted by molar-refractivity contribution is 7.98. The Kier molecular flexibility index (Phi) is 4.98. The zero-order chi connectivity index (χ0) is 21.2. The summed E-state index contributed by atoms with van der Waals surface area (Å²) in [4.78, 5) is 13.3. The largest absolute Gasteiger partial charge is 0.272 e. The highest BCUT2D eigenvalue weighted by Crippen LogP contribution is 2.25. The van der Waals surface area contributed by atoms with Crippen molar-refractivity contribution in [1.82, 2.24) is 19.2 Å². The number of thioether (sulfide) groups is 1. The summed E-state index contributed by atoms with van der Waals surface area (Å²) in [6.45, 7) is 0.418. The molecule has 0 aliphatic carbocycles. The van der Waals surface area contributed by atoms with Crippen LogP contribution in [0.2, 0.25) is 0 Å². The van der Waals surface area contributed by atoms with Gasteiger partial charge in [0, 0.05) is 5.75 Å². The van der Waals surface area contributed by atoms with Crippen LogP contribution in [0.4, 0.5) is 0 Å². The van der Waals surface area contributed by atoms with E-state index in [-0.39, 0.29) is 5.56 Å². The van der Waals surface area contributed by atoms with Crippen LogP contribution in [0.5, 0.6) is 0 Å². The summed E-state index contributed by atoms with van der Waals surface area (Å²) in [5.41, 5.74) is 3.38. The second-order valence-electron chi connectivity index (χ2n) is 7.11. The molecule has 2 heterocycles. The molecule has 0 bridgehead atoms. The predicted octanol–water partition coefficient (Wildman–Crippen LogP) is 4.26. The minimum absolute atomic E-state index is 0.0855. The smallest absolute Gasteiger partial charge is 0.263 e. The van der Waals surface area contributed by atoms with Crippen molar-refractivity contribution in [3.05, 3.63) is 106 Å². The van der Waals surface area contributed by atoms with E-state index in [9.17, 15) is 4.79 Å². The van der Waals surface area contributed by atoms with Crippen LogP contribution >= 0.6 is 11.8 Å². The summed E-state index contributed by atoms with van der Waals surface area (Å²) in [6, 6.07) is 27.1. The van der Waals surface area contributed by atoms with Crippen molar-refractivity contribution in [2.45, 2.75) is 17.5 Å². The maximum absolute atomic E-state index is 13.3. The summed E-state index contributed by atoms with van der Waals surface area (Å²) in [6.07, 6.45) is 0. The molecule has 0 saturated carbocycles. The number of aromatic nitrogens is 4. The van der Waals surface area contributed by atoms with E-state index in [1.807, 2.05) is 77.2 Å². The Morgan fingerprint density at radius 3 is 2.52 bits per heavy atom. The van der Waals surface area contributed by atoms with Gasteiger partial charge in [0.1, 0.15) is 0 Å². The molecule has 6 nitrogen and oxygen atoms in total. The number of hydrogen-bond acceptors (Lipinski definition) is 5. The Morgan fingerprint density at radius 2 is 1.68 bits per heavy atom. The van der Waals surface area contributed by atoms with Crippen LogP contribution in [0.25, 0.3) is 16.7 Å². The van der Waals surface area contributed by atoms with Crippen molar-refractivity contribution < 1.29 is 0 Å². The van der Waals surface area contributed by atoms with Gasteiger partial charge in [0.15, 0.2) is 5.16 Å². The number of rotatable bonds is 5. The number of benzene rings is 3. The molecule has 0 radical (unpaired) electrons. The van der Waals surface area contributed by atoms with Gasteiger partial charge >= 0.3 is 0 Å². The molecule has 0 N–H and O–H groups in total. The van der Waals surface area contributed by atoms with E-state index in [4.69, 9.17) is 5.26 Å². The first kappa shape index (κ1) is 19.1. The van der Waals surface area contributed by atoms with Crippen LogP contribution in [0.3, 0.4) is 0 Å². The van der Waals surface area contributed by atoms with Gasteiger partial charge in [0.2, 0.25) is 5.78 Å². The monoisotopic (exact) mass is 423 g/mol. The predicted molar refractivity (Wildman–Crippen MR) is 121 cm³/mol. The van der Waals surface area contributed by atoms with Gasteiger partial charge in [0.05, 0.1) is 29.1 Å². The maximum Gasteiger partial charge on any atom is 0.263 e. The summed E-state index contributed by atoms with van der Waals surface area (Å²) in [5.74, 6) is 1.16. The average Bonchev–Trinajstić information content (AvgIpc) is 3.25. The third-order valence-electron chi connectivity index (χ3n) is 5.09. The molecule has 7 heteroatoms. The van der Waals surface area contributed by atoms with Crippen LogP contribution in [-0.4, -0.2) is 19.2 Å². The molecule has 2 aromatic heterocycles. The molecule has 0 amide bonds. The molecular weight excluding hydrogens is 406 g/mol. The van der Waals surface area contributed by atoms with Gasteiger partial charge in [-0.2, -0.15) is 5.26 Å². The zero-order valence-corrected chi connectivity index (χ0v) is 17.3. The normalized spacial score (nSPS) is 11.1. The van der Waals surface area contributed by atoms with Crippen LogP contribution in [0, 0.1) is 11.3 Å². The van der Waals surface area contributed by atoms with Crippen molar-refractivity contribution in [2.24, 2.45) is 0 Å². The number of hydrogen-bond donors (Lipinski definition) is 0. The summed E-state index contributed by atoms with van der Waals surface area (Å²) < 4.78 is 3.61. The topological polar surface area (TPSA) is 76.0 Å². The minimum Gasteiger partial charge on any atom is -0.272 e. The molecule has 0 atom stereocenters. The van der Waals surface area contributed by atoms with Gasteiger partial charge in [-0.3, -0.25) is 13.8 Å². The first-order valence-electron chi connectivity index (χ1n) is 9.77. The van der Waals surface area contributed by atoms with E-state index < -0.39 is 0 Å². The fraction of sp³-hybridized carbons (Fsp3) is 0.0833. The molecule has 0 saturated heterocycles. The number of nitrogens with zero attached hydrogens (tertiary/aromatic N) is 5. The summed E-state index contributed by atoms with van der Waals surface area (Å²) >= 11 is 1.53. The Hall–Kier alpha value is -3.89. The van der Waals surface area contributed by atoms with Crippen LogP contribution in [0.1, 0.15) is 16.7 Å². The fourth-order valence-corrected chi connectivity index (χ4v) is 4.50. The second kappa shape index (κ2) is 8.09. The van der Waals surface area contributed by atoms with Crippen molar-refractivity contribution in [1.29, 1.82) is 5.26 Å². The molecule has 0 aliphatic heterocycles. The molecule has 5 aromatic rings. The van der Waals surface area contributed by atoms with Gasteiger partial charge in [-0.05, 0) is 35.4 Å². The summed E-state index contributed by atoms with van der Waals surface area (Å²) in [5, 5.41) is 19.2. The lowest BCUT2D eigenvalue weighted by molar-refractivity contribution is 0.764. The highest BCUT2D eigenvalue weighted by Gasteiger charge is 2.17. The zero-order valence-electron chi connectivity index (χ0n) is 16.5. The molecule has 0 aliphatic rings. The second-order valence-corrected chi connectivity index (χ2v) is 8.06. The van der Waals surface area contributed by atoms with E-state index in [0.29, 0.717) is 34.2 Å². The minimum atomic E-state index is -0.0855. The maximum atomic E-state index is 13.3. The van der Waals surface area contributed by atoms with Crippen molar-refractivity contribution in [3.63, 3.8) is 0 Å². The SMILES string of the molecule is N#Cc1cccc(CSc2nnc3n(Cc4ccccc4)c(=O)c4ccccc4n23)c1. The molecular formula is C24H17N5OS. The number of nitriles is 1. The lowest BCUT2D eigenvalue weighted by atomic mass is 10.2. The molecule has 0 spiro atoms. The van der Waals surface area contributed by atoms with Crippen LogP contribution in [0.15, 0.2) is 88.8 Å². The van der Waals surface area contributed by atoms with E-state index in [1.165, 1.54) is 11.8 Å². The number of para-hydroxylation sites is 1. The Bertz CT molecular complexity index is 1500. The highest BCUT2D eigenvalue weighted by atomic mass is 32.2. The van der Waals surface area contributed by atoms with Crippen molar-refractivity contribution in [2.75, 3.05) is 0 Å². The average molecular weight is 424 g/mol. The Balaban J connectivity index is 1.62. The molecule has 150 valence electrons.